The molecule has 1 N–H and O–H groups in total. The highest BCUT2D eigenvalue weighted by molar-refractivity contribution is 7.13. The van der Waals surface area contributed by atoms with E-state index in [-0.39, 0.29) is 6.61 Å². The molecular weight excluding hydrogens is 274 g/mol. The first-order valence-electron chi connectivity index (χ1n) is 6.92. The molecule has 0 atom stereocenters. The number of aromatic nitrogens is 2. The predicted octanol–water partition coefficient (Wildman–Crippen LogP) is 2.43. The van der Waals surface area contributed by atoms with Crippen molar-refractivity contribution in [2.75, 3.05) is 19.7 Å². The number of hydrogen-bond acceptors (Lipinski definition) is 6. The lowest BCUT2D eigenvalue weighted by atomic mass is 10.2. The highest BCUT2D eigenvalue weighted by Crippen LogP contribution is 2.21. The van der Waals surface area contributed by atoms with Gasteiger partial charge < -0.3 is 9.63 Å². The van der Waals surface area contributed by atoms with Crippen molar-refractivity contribution in [2.45, 2.75) is 32.7 Å². The van der Waals surface area contributed by atoms with Gasteiger partial charge in [-0.05, 0) is 38.3 Å². The van der Waals surface area contributed by atoms with Crippen molar-refractivity contribution in [3.63, 3.8) is 0 Å². The maximum Gasteiger partial charge on any atom is 0.227 e. The van der Waals surface area contributed by atoms with Crippen LogP contribution in [0.4, 0.5) is 0 Å². The van der Waals surface area contributed by atoms with Crippen LogP contribution in [0.5, 0.6) is 0 Å². The molecule has 0 aliphatic carbocycles. The lowest BCUT2D eigenvalue weighted by molar-refractivity contribution is 0.163. The van der Waals surface area contributed by atoms with Crippen LogP contribution in [0.15, 0.2) is 22.0 Å². The topological polar surface area (TPSA) is 62.4 Å². The van der Waals surface area contributed by atoms with Crippen LogP contribution in [0.3, 0.4) is 0 Å². The number of nitrogens with zero attached hydrogens (tertiary/aromatic N) is 3. The number of thiophene rings is 1. The van der Waals surface area contributed by atoms with E-state index >= 15 is 0 Å². The van der Waals surface area contributed by atoms with Gasteiger partial charge in [0, 0.05) is 19.0 Å². The lowest BCUT2D eigenvalue weighted by Gasteiger charge is -2.25. The van der Waals surface area contributed by atoms with Crippen LogP contribution in [0.1, 0.15) is 26.2 Å². The van der Waals surface area contributed by atoms with Gasteiger partial charge in [-0.25, -0.2) is 0 Å². The predicted molar refractivity (Wildman–Crippen MR) is 79.7 cm³/mol. The van der Waals surface area contributed by atoms with Crippen molar-refractivity contribution in [3.05, 3.63) is 23.4 Å². The van der Waals surface area contributed by atoms with Gasteiger partial charge in [0.05, 0.1) is 11.5 Å². The Morgan fingerprint density at radius 2 is 2.25 bits per heavy atom. The third-order valence-electron chi connectivity index (χ3n) is 3.16. The molecule has 2 heterocycles. The second kappa shape index (κ2) is 7.52. The Balaban J connectivity index is 1.82. The summed E-state index contributed by atoms with van der Waals surface area (Å²) in [5, 5.41) is 15.0. The van der Waals surface area contributed by atoms with Gasteiger partial charge in [0.25, 0.3) is 0 Å². The second-order valence-corrected chi connectivity index (χ2v) is 5.89. The van der Waals surface area contributed by atoms with Crippen molar-refractivity contribution >= 4 is 11.3 Å². The lowest BCUT2D eigenvalue weighted by Crippen LogP contribution is -2.34. The third kappa shape index (κ3) is 4.13. The van der Waals surface area contributed by atoms with Crippen LogP contribution in [0.2, 0.25) is 0 Å². The van der Waals surface area contributed by atoms with Gasteiger partial charge >= 0.3 is 0 Å². The molecule has 0 fully saturated rings. The molecule has 0 aromatic carbocycles. The number of rotatable bonds is 8. The van der Waals surface area contributed by atoms with Gasteiger partial charge in [0.1, 0.15) is 0 Å². The normalized spacial score (nSPS) is 11.7. The Hall–Kier alpha value is -1.24. The Morgan fingerprint density at radius 1 is 1.40 bits per heavy atom. The standard InChI is InChI=1S/C14H21N3O2S/c1-11(2)17(8-9-18)7-3-6-13-15-14(16-19-13)12-5-4-10-20-12/h4-5,10-11,18H,3,6-9H2,1-2H3. The first-order valence-corrected chi connectivity index (χ1v) is 7.80. The average molecular weight is 295 g/mol. The third-order valence-corrected chi connectivity index (χ3v) is 4.03. The van der Waals surface area contributed by atoms with Crippen molar-refractivity contribution in [1.29, 1.82) is 0 Å². The van der Waals surface area contributed by atoms with E-state index in [1.165, 1.54) is 0 Å². The Kier molecular flexibility index (Phi) is 5.70. The minimum absolute atomic E-state index is 0.196. The van der Waals surface area contributed by atoms with Crippen LogP contribution in [-0.4, -0.2) is 45.9 Å². The molecule has 0 spiro atoms. The maximum absolute atomic E-state index is 9.03. The van der Waals surface area contributed by atoms with Crippen molar-refractivity contribution < 1.29 is 9.63 Å². The van der Waals surface area contributed by atoms with Crippen molar-refractivity contribution in [2.24, 2.45) is 0 Å². The molecule has 0 saturated carbocycles. The molecule has 0 aliphatic heterocycles. The molecule has 2 rings (SSSR count). The van der Waals surface area contributed by atoms with Gasteiger partial charge in [-0.3, -0.25) is 4.90 Å². The van der Waals surface area contributed by atoms with E-state index in [1.807, 2.05) is 17.5 Å². The molecule has 5 nitrogen and oxygen atoms in total. The van der Waals surface area contributed by atoms with E-state index in [0.29, 0.717) is 24.3 Å². The Morgan fingerprint density at radius 3 is 2.90 bits per heavy atom. The van der Waals surface area contributed by atoms with Crippen molar-refractivity contribution in [3.8, 4) is 10.7 Å². The van der Waals surface area contributed by atoms with E-state index in [9.17, 15) is 0 Å². The highest BCUT2D eigenvalue weighted by Gasteiger charge is 2.11. The maximum atomic E-state index is 9.03. The Labute approximate surface area is 123 Å². The van der Waals surface area contributed by atoms with Crippen LogP contribution in [-0.2, 0) is 6.42 Å². The summed E-state index contributed by atoms with van der Waals surface area (Å²) in [6.07, 6.45) is 1.72. The molecule has 0 aliphatic rings. The number of aryl methyl sites for hydroxylation is 1. The van der Waals surface area contributed by atoms with Crippen molar-refractivity contribution in [1.82, 2.24) is 15.0 Å². The van der Waals surface area contributed by atoms with E-state index in [1.54, 1.807) is 11.3 Å². The first kappa shape index (κ1) is 15.2. The zero-order chi connectivity index (χ0) is 14.4. The fourth-order valence-electron chi connectivity index (χ4n) is 2.05. The largest absolute Gasteiger partial charge is 0.395 e. The summed E-state index contributed by atoms with van der Waals surface area (Å²) in [6.45, 7) is 6.10. The second-order valence-electron chi connectivity index (χ2n) is 4.95. The quantitative estimate of drug-likeness (QED) is 0.810. The molecule has 0 radical (unpaired) electrons. The first-order chi connectivity index (χ1) is 9.70. The molecule has 6 heteroatoms. The van der Waals surface area contributed by atoms with Gasteiger partial charge in [0.2, 0.25) is 11.7 Å². The summed E-state index contributed by atoms with van der Waals surface area (Å²) in [7, 11) is 0. The SMILES string of the molecule is CC(C)N(CCO)CCCc1nc(-c2cccs2)no1. The minimum Gasteiger partial charge on any atom is -0.395 e. The summed E-state index contributed by atoms with van der Waals surface area (Å²) in [6, 6.07) is 4.40. The molecule has 110 valence electrons. The molecule has 20 heavy (non-hydrogen) atoms. The average Bonchev–Trinajstić information content (AvgIpc) is 3.08. The van der Waals surface area contributed by atoms with E-state index in [2.05, 4.69) is 28.9 Å². The van der Waals surface area contributed by atoms with Crippen LogP contribution in [0, 0.1) is 0 Å². The van der Waals surface area contributed by atoms with Crippen LogP contribution in [0.25, 0.3) is 10.7 Å². The summed E-state index contributed by atoms with van der Waals surface area (Å²) in [4.78, 5) is 7.68. The summed E-state index contributed by atoms with van der Waals surface area (Å²) in [5.41, 5.74) is 0. The highest BCUT2D eigenvalue weighted by atomic mass is 32.1. The number of aliphatic hydroxyl groups is 1. The molecular formula is C14H21N3O2S. The van der Waals surface area contributed by atoms with E-state index in [0.717, 1.165) is 24.3 Å². The van der Waals surface area contributed by atoms with E-state index < -0.39 is 0 Å². The summed E-state index contributed by atoms with van der Waals surface area (Å²) >= 11 is 1.61. The van der Waals surface area contributed by atoms with Crippen LogP contribution >= 0.6 is 11.3 Å². The molecule has 2 aromatic heterocycles. The molecule has 2 aromatic rings. The molecule has 0 saturated heterocycles. The van der Waals surface area contributed by atoms with Crippen LogP contribution < -0.4 is 0 Å². The number of hydrogen-bond donors (Lipinski definition) is 1. The van der Waals surface area contributed by atoms with Gasteiger partial charge in [-0.2, -0.15) is 4.98 Å². The zero-order valence-electron chi connectivity index (χ0n) is 12.0. The molecule has 0 amide bonds. The van der Waals surface area contributed by atoms with Gasteiger partial charge in [-0.15, -0.1) is 11.3 Å². The fraction of sp³-hybridized carbons (Fsp3) is 0.571. The summed E-state index contributed by atoms with van der Waals surface area (Å²) in [5.74, 6) is 1.35. The van der Waals surface area contributed by atoms with E-state index in [4.69, 9.17) is 9.63 Å². The van der Waals surface area contributed by atoms with Gasteiger partial charge in [-0.1, -0.05) is 11.2 Å². The molecule has 0 unspecified atom stereocenters. The fourth-order valence-corrected chi connectivity index (χ4v) is 2.70. The monoisotopic (exact) mass is 295 g/mol. The zero-order valence-corrected chi connectivity index (χ0v) is 12.8. The smallest absolute Gasteiger partial charge is 0.227 e. The van der Waals surface area contributed by atoms with Gasteiger partial charge in [0.15, 0.2) is 0 Å². The number of aliphatic hydroxyl groups excluding tert-OH is 1. The minimum atomic E-state index is 0.196. The summed E-state index contributed by atoms with van der Waals surface area (Å²) < 4.78 is 5.27. The molecule has 0 bridgehead atoms. The Bertz CT molecular complexity index is 496.